The summed E-state index contributed by atoms with van der Waals surface area (Å²) in [7, 11) is 0. The van der Waals surface area contributed by atoms with Crippen LogP contribution >= 0.6 is 0 Å². The van der Waals surface area contributed by atoms with Crippen molar-refractivity contribution in [2.45, 2.75) is 0 Å². The minimum Gasteiger partial charge on any atom is -0.310 e. The monoisotopic (exact) mass is 740 g/mol. The van der Waals surface area contributed by atoms with Gasteiger partial charge in [0.1, 0.15) is 0 Å². The van der Waals surface area contributed by atoms with Crippen LogP contribution in [0.15, 0.2) is 206 Å². The average molecular weight is 741 g/mol. The molecule has 0 bridgehead atoms. The quantitative estimate of drug-likeness (QED) is 0.169. The van der Waals surface area contributed by atoms with E-state index in [1.165, 1.54) is 76.2 Å². The molecule has 0 spiro atoms. The first kappa shape index (κ1) is 29.5. The standard InChI is InChI=1S/C54H34N4/c1-5-15-35(16-6-1)55(36-17-7-2-8-18-36)39-27-29-49-45(31-39)41-23-13-25-43-47-34-52-48(33-51(47)57(49)53(41)43)44-26-14-24-42-46-32-40(28-30-50(46)58(52)54(42)44)56(37-19-9-3-10-20-37)38-21-11-4-12-22-38/h1-34H/i5D,9D. The van der Waals surface area contributed by atoms with Gasteiger partial charge in [-0.05, 0) is 97.1 Å². The van der Waals surface area contributed by atoms with Crippen LogP contribution in [0, 0.1) is 0 Å². The fourth-order valence-electron chi connectivity index (χ4n) is 9.80. The molecule has 13 aromatic rings. The van der Waals surface area contributed by atoms with E-state index in [1.807, 2.05) is 48.5 Å². The van der Waals surface area contributed by atoms with E-state index in [2.05, 4.69) is 164 Å². The molecular formula is C54H34N4. The minimum absolute atomic E-state index is 0.483. The van der Waals surface area contributed by atoms with Crippen molar-refractivity contribution in [3.05, 3.63) is 206 Å². The Bertz CT molecular complexity index is 3560. The van der Waals surface area contributed by atoms with Crippen molar-refractivity contribution in [2.75, 3.05) is 9.80 Å². The average Bonchev–Trinajstić information content (AvgIpc) is 4.00. The van der Waals surface area contributed by atoms with Crippen LogP contribution in [0.4, 0.5) is 34.1 Å². The van der Waals surface area contributed by atoms with Crippen LogP contribution in [0.1, 0.15) is 2.74 Å². The van der Waals surface area contributed by atoms with Crippen LogP contribution in [0.2, 0.25) is 0 Å². The molecule has 9 aromatic carbocycles. The second-order valence-corrected chi connectivity index (χ2v) is 15.2. The summed E-state index contributed by atoms with van der Waals surface area (Å²) in [4.78, 5) is 4.49. The predicted molar refractivity (Wildman–Crippen MR) is 245 cm³/mol. The molecule has 0 saturated carbocycles. The van der Waals surface area contributed by atoms with Crippen LogP contribution in [0.25, 0.3) is 76.2 Å². The number of hydrogen-bond acceptors (Lipinski definition) is 2. The zero-order valence-corrected chi connectivity index (χ0v) is 31.3. The summed E-state index contributed by atoms with van der Waals surface area (Å²) < 4.78 is 21.8. The summed E-state index contributed by atoms with van der Waals surface area (Å²) in [6.45, 7) is 0. The van der Waals surface area contributed by atoms with Crippen LogP contribution in [0.3, 0.4) is 0 Å². The smallest absolute Gasteiger partial charge is 0.0623 e. The summed E-state index contributed by atoms with van der Waals surface area (Å²) >= 11 is 0. The predicted octanol–water partition coefficient (Wildman–Crippen LogP) is 14.9. The Balaban J connectivity index is 1.03. The van der Waals surface area contributed by atoms with Gasteiger partial charge in [0.2, 0.25) is 0 Å². The van der Waals surface area contributed by atoms with Gasteiger partial charge >= 0.3 is 0 Å². The maximum absolute atomic E-state index is 8.41. The van der Waals surface area contributed by atoms with E-state index in [1.54, 1.807) is 0 Å². The number of rotatable bonds is 6. The van der Waals surface area contributed by atoms with Gasteiger partial charge in [-0.3, -0.25) is 0 Å². The van der Waals surface area contributed by atoms with Gasteiger partial charge in [0, 0.05) is 77.2 Å². The molecule has 58 heavy (non-hydrogen) atoms. The largest absolute Gasteiger partial charge is 0.310 e. The SMILES string of the molecule is [2H]c1cccc(N(c2ccccc2)c2ccc3c(c2)c2cccc4c5cc6c(cc5n3c24)c2cccc3c4cc(N(c5ccccc5)c5cccc([2H])c5)ccc4n6c32)c1. The van der Waals surface area contributed by atoms with E-state index in [9.17, 15) is 0 Å². The van der Waals surface area contributed by atoms with Crippen LogP contribution < -0.4 is 9.80 Å². The molecule has 4 nitrogen and oxygen atoms in total. The first-order valence-electron chi connectivity index (χ1n) is 20.8. The third-order valence-corrected chi connectivity index (χ3v) is 12.2. The molecule has 13 rings (SSSR count). The fourth-order valence-corrected chi connectivity index (χ4v) is 9.80. The van der Waals surface area contributed by atoms with Gasteiger partial charge < -0.3 is 18.6 Å². The van der Waals surface area contributed by atoms with Gasteiger partial charge in [-0.1, -0.05) is 109 Å². The van der Waals surface area contributed by atoms with Crippen LogP contribution in [0.5, 0.6) is 0 Å². The van der Waals surface area contributed by atoms with Crippen molar-refractivity contribution < 1.29 is 2.74 Å². The van der Waals surface area contributed by atoms with Crippen molar-refractivity contribution in [3.63, 3.8) is 0 Å². The third kappa shape index (κ3) is 4.29. The van der Waals surface area contributed by atoms with Gasteiger partial charge in [-0.2, -0.15) is 0 Å². The fraction of sp³-hybridized carbons (Fsp3) is 0. The molecule has 0 saturated heterocycles. The molecule has 0 fully saturated rings. The summed E-state index contributed by atoms with van der Waals surface area (Å²) in [6.07, 6.45) is 0. The zero-order chi connectivity index (χ0) is 39.6. The maximum atomic E-state index is 8.41. The first-order valence-corrected chi connectivity index (χ1v) is 19.8. The molecule has 0 aliphatic rings. The van der Waals surface area contributed by atoms with E-state index in [-0.39, 0.29) is 0 Å². The normalized spacial score (nSPS) is 12.6. The topological polar surface area (TPSA) is 15.3 Å². The number of para-hydroxylation sites is 6. The van der Waals surface area contributed by atoms with Crippen molar-refractivity contribution in [1.29, 1.82) is 0 Å². The number of benzene rings is 9. The molecule has 270 valence electrons. The van der Waals surface area contributed by atoms with Gasteiger partial charge in [-0.25, -0.2) is 0 Å². The minimum atomic E-state index is 0.483. The number of aromatic nitrogens is 2. The second kappa shape index (κ2) is 11.8. The van der Waals surface area contributed by atoms with Gasteiger partial charge in [0.25, 0.3) is 0 Å². The highest BCUT2D eigenvalue weighted by atomic mass is 15.1. The van der Waals surface area contributed by atoms with Crippen molar-refractivity contribution in [3.8, 4) is 0 Å². The van der Waals surface area contributed by atoms with E-state index < -0.39 is 0 Å². The van der Waals surface area contributed by atoms with E-state index in [0.29, 0.717) is 12.1 Å². The third-order valence-electron chi connectivity index (χ3n) is 12.2. The van der Waals surface area contributed by atoms with Crippen molar-refractivity contribution >= 4 is 110 Å². The number of nitrogens with zero attached hydrogens (tertiary/aromatic N) is 4. The lowest BCUT2D eigenvalue weighted by Crippen LogP contribution is -2.09. The Hall–Kier alpha value is -7.82. The number of hydrogen-bond donors (Lipinski definition) is 0. The molecule has 0 unspecified atom stereocenters. The maximum Gasteiger partial charge on any atom is 0.0623 e. The summed E-state index contributed by atoms with van der Waals surface area (Å²) in [5.74, 6) is 0. The molecular weight excluding hydrogens is 705 g/mol. The number of anilines is 6. The second-order valence-electron chi connectivity index (χ2n) is 15.2. The lowest BCUT2D eigenvalue weighted by atomic mass is 10.0. The Morgan fingerprint density at radius 2 is 0.638 bits per heavy atom. The zero-order valence-electron chi connectivity index (χ0n) is 33.3. The molecule has 0 N–H and O–H groups in total. The number of fused-ring (bicyclic) bond motifs is 12. The molecule has 0 aliphatic heterocycles. The summed E-state index contributed by atoms with van der Waals surface area (Å²) in [5, 5.41) is 9.82. The Morgan fingerprint density at radius 3 is 1.03 bits per heavy atom. The molecule has 0 amide bonds. The Morgan fingerprint density at radius 1 is 0.276 bits per heavy atom. The van der Waals surface area contributed by atoms with Crippen molar-refractivity contribution in [1.82, 2.24) is 8.80 Å². The molecule has 4 heterocycles. The lowest BCUT2D eigenvalue weighted by molar-refractivity contribution is 1.28. The van der Waals surface area contributed by atoms with E-state index in [0.717, 1.165) is 34.1 Å². The van der Waals surface area contributed by atoms with Gasteiger partial charge in [0.05, 0.1) is 35.8 Å². The Kier molecular flexibility index (Phi) is 6.02. The highest BCUT2D eigenvalue weighted by Crippen LogP contribution is 2.47. The molecule has 4 aromatic heterocycles. The lowest BCUT2D eigenvalue weighted by Gasteiger charge is -2.25. The Labute approximate surface area is 336 Å². The first-order chi connectivity index (χ1) is 29.6. The van der Waals surface area contributed by atoms with Crippen molar-refractivity contribution in [2.24, 2.45) is 0 Å². The molecule has 4 heteroatoms. The summed E-state index contributed by atoms with van der Waals surface area (Å²) in [6, 6.07) is 69.3. The highest BCUT2D eigenvalue weighted by molar-refractivity contribution is 6.29. The molecule has 0 atom stereocenters. The van der Waals surface area contributed by atoms with E-state index in [4.69, 9.17) is 2.74 Å². The molecule has 0 aliphatic carbocycles. The van der Waals surface area contributed by atoms with E-state index >= 15 is 0 Å². The van der Waals surface area contributed by atoms with Gasteiger partial charge in [-0.15, -0.1) is 0 Å². The van der Waals surface area contributed by atoms with Crippen LogP contribution in [-0.4, -0.2) is 8.80 Å². The molecule has 0 radical (unpaired) electrons. The van der Waals surface area contributed by atoms with Gasteiger partial charge in [0.15, 0.2) is 0 Å². The highest BCUT2D eigenvalue weighted by Gasteiger charge is 2.24. The summed E-state index contributed by atoms with van der Waals surface area (Å²) in [5.41, 5.74) is 13.4. The van der Waals surface area contributed by atoms with Crippen LogP contribution in [-0.2, 0) is 0 Å².